The number of likely N-dealkylation sites (tertiary alicyclic amines) is 1. The van der Waals surface area contributed by atoms with Gasteiger partial charge in [0.15, 0.2) is 5.65 Å². The van der Waals surface area contributed by atoms with Gasteiger partial charge in [0.25, 0.3) is 0 Å². The molecule has 1 aromatic carbocycles. The molecule has 3 aromatic heterocycles. The minimum atomic E-state index is -0.438. The lowest BCUT2D eigenvalue weighted by atomic mass is 10.1. The van der Waals surface area contributed by atoms with Crippen LogP contribution in [0, 0.1) is 5.82 Å². The van der Waals surface area contributed by atoms with E-state index in [0.717, 1.165) is 42.6 Å². The fraction of sp³-hybridized carbons (Fsp3) is 0.182. The molecule has 1 aliphatic heterocycles. The summed E-state index contributed by atoms with van der Waals surface area (Å²) in [7, 11) is 0. The molecular formula is C22H19FN6O. The van der Waals surface area contributed by atoms with Crippen LogP contribution in [0.5, 0.6) is 0 Å². The molecule has 1 fully saturated rings. The zero-order chi connectivity index (χ0) is 20.5. The summed E-state index contributed by atoms with van der Waals surface area (Å²) in [6.45, 7) is 1.49. The van der Waals surface area contributed by atoms with Crippen LogP contribution in [-0.4, -0.2) is 43.8 Å². The number of rotatable bonds is 3. The maximum absolute atomic E-state index is 14.6. The lowest BCUT2D eigenvalue weighted by Crippen LogP contribution is -2.32. The van der Waals surface area contributed by atoms with Crippen molar-refractivity contribution >= 4 is 22.8 Å². The van der Waals surface area contributed by atoms with E-state index in [2.05, 4.69) is 20.4 Å². The highest BCUT2D eigenvalue weighted by molar-refractivity contribution is 5.90. The van der Waals surface area contributed by atoms with Crippen LogP contribution in [-0.2, 0) is 0 Å². The molecule has 1 N–H and O–H groups in total. The Bertz CT molecular complexity index is 1220. The number of nitrogens with one attached hydrogen (secondary N) is 1. The van der Waals surface area contributed by atoms with Crippen molar-refractivity contribution < 1.29 is 9.18 Å². The van der Waals surface area contributed by atoms with Gasteiger partial charge in [-0.05, 0) is 49.2 Å². The van der Waals surface area contributed by atoms with Gasteiger partial charge in [-0.1, -0.05) is 6.07 Å². The van der Waals surface area contributed by atoms with Crippen LogP contribution in [0.4, 0.5) is 14.9 Å². The summed E-state index contributed by atoms with van der Waals surface area (Å²) in [5, 5.41) is 8.01. The van der Waals surface area contributed by atoms with Gasteiger partial charge in [-0.25, -0.2) is 18.9 Å². The smallest absolute Gasteiger partial charge is 0.321 e. The Morgan fingerprint density at radius 3 is 2.73 bits per heavy atom. The number of urea groups is 1. The van der Waals surface area contributed by atoms with Crippen LogP contribution >= 0.6 is 0 Å². The highest BCUT2D eigenvalue weighted by atomic mass is 19.1. The number of pyridine rings is 2. The van der Waals surface area contributed by atoms with Crippen LogP contribution in [0.1, 0.15) is 12.8 Å². The second-order valence-electron chi connectivity index (χ2n) is 7.22. The van der Waals surface area contributed by atoms with Crippen molar-refractivity contribution in [3.63, 3.8) is 0 Å². The molecule has 0 atom stereocenters. The number of hydrogen-bond donors (Lipinski definition) is 1. The lowest BCUT2D eigenvalue weighted by molar-refractivity contribution is 0.222. The SMILES string of the molecule is O=C(Nc1ccc(F)c(-n2cc3cc(-c4ccccn4)cnc3n2)c1)N1CCCC1. The highest BCUT2D eigenvalue weighted by Crippen LogP contribution is 2.24. The minimum absolute atomic E-state index is 0.169. The largest absolute Gasteiger partial charge is 0.325 e. The van der Waals surface area contributed by atoms with Crippen LogP contribution in [0.25, 0.3) is 28.0 Å². The van der Waals surface area contributed by atoms with Crippen LogP contribution < -0.4 is 5.32 Å². The van der Waals surface area contributed by atoms with E-state index < -0.39 is 5.82 Å². The van der Waals surface area contributed by atoms with Gasteiger partial charge in [0.2, 0.25) is 0 Å². The van der Waals surface area contributed by atoms with Gasteiger partial charge < -0.3 is 10.2 Å². The monoisotopic (exact) mass is 402 g/mol. The Balaban J connectivity index is 1.46. The molecule has 2 amide bonds. The summed E-state index contributed by atoms with van der Waals surface area (Å²) in [4.78, 5) is 22.8. The molecular weight excluding hydrogens is 383 g/mol. The van der Waals surface area contributed by atoms with E-state index in [4.69, 9.17) is 0 Å². The molecule has 7 nitrogen and oxygen atoms in total. The zero-order valence-electron chi connectivity index (χ0n) is 16.1. The molecule has 5 rings (SSSR count). The normalized spacial score (nSPS) is 13.7. The number of halogens is 1. The third-order valence-corrected chi connectivity index (χ3v) is 5.16. The highest BCUT2D eigenvalue weighted by Gasteiger charge is 2.18. The van der Waals surface area contributed by atoms with Gasteiger partial charge in [-0.3, -0.25) is 4.98 Å². The average Bonchev–Trinajstić information content (AvgIpc) is 3.45. The predicted molar refractivity (Wildman–Crippen MR) is 112 cm³/mol. The van der Waals surface area contributed by atoms with E-state index in [0.29, 0.717) is 11.3 Å². The standard InChI is InChI=1S/C22H19FN6O/c23-18-7-6-17(26-22(30)28-9-3-4-10-28)12-20(18)29-14-16-11-15(13-25-21(16)27-29)19-5-1-2-8-24-19/h1-2,5-8,11-14H,3-4,9-10H2,(H,26,30). The number of hydrogen-bond acceptors (Lipinski definition) is 4. The van der Waals surface area contributed by atoms with Crippen LogP contribution in [0.15, 0.2) is 61.1 Å². The molecule has 1 saturated heterocycles. The molecule has 0 radical (unpaired) electrons. The van der Waals surface area contributed by atoms with Crippen molar-refractivity contribution in [1.82, 2.24) is 24.6 Å². The molecule has 150 valence electrons. The van der Waals surface area contributed by atoms with Crippen molar-refractivity contribution in [3.8, 4) is 16.9 Å². The van der Waals surface area contributed by atoms with E-state index in [9.17, 15) is 9.18 Å². The quantitative estimate of drug-likeness (QED) is 0.556. The fourth-order valence-corrected chi connectivity index (χ4v) is 3.60. The van der Waals surface area contributed by atoms with E-state index in [1.807, 2.05) is 24.3 Å². The van der Waals surface area contributed by atoms with Gasteiger partial charge in [0, 0.05) is 48.3 Å². The molecule has 0 aliphatic carbocycles. The molecule has 0 bridgehead atoms. The summed E-state index contributed by atoms with van der Waals surface area (Å²) >= 11 is 0. The Hall–Kier alpha value is -3.81. The summed E-state index contributed by atoms with van der Waals surface area (Å²) in [5.74, 6) is -0.438. The van der Waals surface area contributed by atoms with Gasteiger partial charge in [0.05, 0.1) is 5.69 Å². The minimum Gasteiger partial charge on any atom is -0.325 e. The van der Waals surface area contributed by atoms with Crippen LogP contribution in [0.2, 0.25) is 0 Å². The second-order valence-corrected chi connectivity index (χ2v) is 7.22. The number of carbonyl (C=O) groups excluding carboxylic acids is 1. The Morgan fingerprint density at radius 1 is 1.07 bits per heavy atom. The molecule has 8 heteroatoms. The van der Waals surface area contributed by atoms with Gasteiger partial charge >= 0.3 is 6.03 Å². The number of amides is 2. The Kier molecular flexibility index (Phi) is 4.59. The van der Waals surface area contributed by atoms with Crippen molar-refractivity contribution in [3.05, 3.63) is 66.9 Å². The van der Waals surface area contributed by atoms with Crippen molar-refractivity contribution in [2.24, 2.45) is 0 Å². The number of nitrogens with zero attached hydrogens (tertiary/aromatic N) is 5. The Labute approximate surface area is 172 Å². The third-order valence-electron chi connectivity index (χ3n) is 5.16. The van der Waals surface area contributed by atoms with Crippen molar-refractivity contribution in [2.45, 2.75) is 12.8 Å². The Morgan fingerprint density at radius 2 is 1.93 bits per heavy atom. The summed E-state index contributed by atoms with van der Waals surface area (Å²) in [5.41, 5.74) is 2.92. The number of fused-ring (bicyclic) bond motifs is 1. The number of aromatic nitrogens is 4. The summed E-state index contributed by atoms with van der Waals surface area (Å²) in [6.07, 6.45) is 7.16. The molecule has 30 heavy (non-hydrogen) atoms. The first kappa shape index (κ1) is 18.2. The number of anilines is 1. The van der Waals surface area contributed by atoms with E-state index in [-0.39, 0.29) is 11.7 Å². The summed E-state index contributed by atoms with van der Waals surface area (Å²) in [6, 6.07) is 11.9. The van der Waals surface area contributed by atoms with E-state index >= 15 is 0 Å². The first-order chi connectivity index (χ1) is 14.7. The van der Waals surface area contributed by atoms with E-state index in [1.54, 1.807) is 35.6 Å². The average molecular weight is 402 g/mol. The topological polar surface area (TPSA) is 75.9 Å². The van der Waals surface area contributed by atoms with Gasteiger partial charge in [-0.2, -0.15) is 0 Å². The molecule has 0 unspecified atom stereocenters. The fourth-order valence-electron chi connectivity index (χ4n) is 3.60. The molecule has 1 aliphatic rings. The van der Waals surface area contributed by atoms with E-state index in [1.165, 1.54) is 10.7 Å². The lowest BCUT2D eigenvalue weighted by Gasteiger charge is -2.16. The molecule has 0 saturated carbocycles. The zero-order valence-corrected chi connectivity index (χ0v) is 16.1. The molecule has 0 spiro atoms. The van der Waals surface area contributed by atoms with Gasteiger partial charge in [-0.15, -0.1) is 5.10 Å². The maximum atomic E-state index is 14.6. The van der Waals surface area contributed by atoms with Crippen LogP contribution in [0.3, 0.4) is 0 Å². The number of benzene rings is 1. The molecule has 4 aromatic rings. The maximum Gasteiger partial charge on any atom is 0.321 e. The predicted octanol–water partition coefficient (Wildman–Crippen LogP) is 4.25. The molecule has 4 heterocycles. The summed E-state index contributed by atoms with van der Waals surface area (Å²) < 4.78 is 16.0. The number of carbonyl (C=O) groups is 1. The van der Waals surface area contributed by atoms with Gasteiger partial charge in [0.1, 0.15) is 11.5 Å². The first-order valence-electron chi connectivity index (χ1n) is 9.80. The second kappa shape index (κ2) is 7.55. The third kappa shape index (κ3) is 3.47. The first-order valence-corrected chi connectivity index (χ1v) is 9.80. The van der Waals surface area contributed by atoms with Crippen molar-refractivity contribution in [1.29, 1.82) is 0 Å². The van der Waals surface area contributed by atoms with Crippen molar-refractivity contribution in [2.75, 3.05) is 18.4 Å².